The number of hydrogen-bond acceptors (Lipinski definition) is 3. The Morgan fingerprint density at radius 2 is 1.90 bits per heavy atom. The van der Waals surface area contributed by atoms with Crippen molar-refractivity contribution in [3.8, 4) is 0 Å². The predicted octanol–water partition coefficient (Wildman–Crippen LogP) is 4.07. The molecule has 1 fully saturated rings. The average molecular weight is 397 g/mol. The molecule has 0 aliphatic heterocycles. The topological polar surface area (TPSA) is 61.4 Å². The Balaban J connectivity index is 1.54. The molecule has 2 amide bonds. The predicted molar refractivity (Wildman–Crippen MR) is 114 cm³/mol. The summed E-state index contributed by atoms with van der Waals surface area (Å²) in [4.78, 5) is 27.0. The van der Waals surface area contributed by atoms with Crippen molar-refractivity contribution in [2.45, 2.75) is 26.7 Å². The lowest BCUT2D eigenvalue weighted by Gasteiger charge is -2.23. The standard InChI is InChI=1S/C23H28FN3O2/c1-3-27(18-8-5-4-6-9-18)13-7-12-25-22(28)20-15-17(24)10-11-21(20)26-23(29)19-14-16(19)2/h4-6,8-11,15-16,19H,3,7,12-14H2,1-2H3,(H,25,28)(H,26,29)/t16-,19-/m0/s1. The van der Waals surface area contributed by atoms with Crippen LogP contribution >= 0.6 is 0 Å². The number of nitrogens with one attached hydrogen (secondary N) is 2. The third-order valence-electron chi connectivity index (χ3n) is 5.32. The first-order chi connectivity index (χ1) is 14.0. The molecule has 2 aromatic rings. The molecule has 0 saturated heterocycles. The Hall–Kier alpha value is -2.89. The Labute approximate surface area is 171 Å². The van der Waals surface area contributed by atoms with Gasteiger partial charge in [-0.3, -0.25) is 9.59 Å². The first-order valence-electron chi connectivity index (χ1n) is 10.2. The molecule has 0 radical (unpaired) electrons. The second-order valence-corrected chi connectivity index (χ2v) is 7.52. The van der Waals surface area contributed by atoms with Crippen LogP contribution in [0.25, 0.3) is 0 Å². The quantitative estimate of drug-likeness (QED) is 0.627. The molecule has 2 N–H and O–H groups in total. The van der Waals surface area contributed by atoms with Gasteiger partial charge in [-0.05, 0) is 56.0 Å². The van der Waals surface area contributed by atoms with Crippen molar-refractivity contribution in [2.24, 2.45) is 11.8 Å². The van der Waals surface area contributed by atoms with Crippen molar-refractivity contribution in [1.82, 2.24) is 5.32 Å². The first kappa shape index (κ1) is 20.8. The van der Waals surface area contributed by atoms with Crippen LogP contribution in [0.3, 0.4) is 0 Å². The van der Waals surface area contributed by atoms with Gasteiger partial charge in [-0.1, -0.05) is 25.1 Å². The third-order valence-corrected chi connectivity index (χ3v) is 5.32. The molecule has 2 aromatic carbocycles. The molecular formula is C23H28FN3O2. The number of anilines is 2. The van der Waals surface area contributed by atoms with E-state index in [1.165, 1.54) is 18.2 Å². The monoisotopic (exact) mass is 397 g/mol. The zero-order chi connectivity index (χ0) is 20.8. The van der Waals surface area contributed by atoms with Crippen LogP contribution < -0.4 is 15.5 Å². The molecule has 0 unspecified atom stereocenters. The van der Waals surface area contributed by atoms with Gasteiger partial charge in [0, 0.05) is 31.2 Å². The van der Waals surface area contributed by atoms with Crippen LogP contribution in [-0.4, -0.2) is 31.4 Å². The zero-order valence-electron chi connectivity index (χ0n) is 17.0. The molecular weight excluding hydrogens is 369 g/mol. The van der Waals surface area contributed by atoms with Gasteiger partial charge in [-0.25, -0.2) is 4.39 Å². The van der Waals surface area contributed by atoms with Crippen LogP contribution in [-0.2, 0) is 4.79 Å². The molecule has 1 aliphatic rings. The van der Waals surface area contributed by atoms with Crippen LogP contribution in [0.5, 0.6) is 0 Å². The van der Waals surface area contributed by atoms with Gasteiger partial charge >= 0.3 is 0 Å². The number of benzene rings is 2. The summed E-state index contributed by atoms with van der Waals surface area (Å²) in [6, 6.07) is 14.0. The van der Waals surface area contributed by atoms with Gasteiger partial charge in [0.25, 0.3) is 5.91 Å². The minimum absolute atomic E-state index is 0.0195. The molecule has 29 heavy (non-hydrogen) atoms. The highest BCUT2D eigenvalue weighted by molar-refractivity contribution is 6.04. The highest BCUT2D eigenvalue weighted by Crippen LogP contribution is 2.38. The number of carbonyl (C=O) groups is 2. The fourth-order valence-corrected chi connectivity index (χ4v) is 3.40. The largest absolute Gasteiger partial charge is 0.372 e. The molecule has 1 saturated carbocycles. The maximum atomic E-state index is 13.7. The Morgan fingerprint density at radius 3 is 2.55 bits per heavy atom. The molecule has 0 aromatic heterocycles. The maximum Gasteiger partial charge on any atom is 0.253 e. The Morgan fingerprint density at radius 1 is 1.17 bits per heavy atom. The van der Waals surface area contributed by atoms with E-state index in [1.54, 1.807) is 0 Å². The van der Waals surface area contributed by atoms with Crippen LogP contribution in [0.4, 0.5) is 15.8 Å². The Kier molecular flexibility index (Phi) is 6.86. The van der Waals surface area contributed by atoms with E-state index >= 15 is 0 Å². The van der Waals surface area contributed by atoms with Crippen molar-refractivity contribution < 1.29 is 14.0 Å². The number of halogens is 1. The summed E-state index contributed by atoms with van der Waals surface area (Å²) in [5.41, 5.74) is 1.65. The number of hydrogen-bond donors (Lipinski definition) is 2. The summed E-state index contributed by atoms with van der Waals surface area (Å²) in [6.45, 7) is 6.24. The van der Waals surface area contributed by atoms with E-state index in [0.29, 0.717) is 18.2 Å². The summed E-state index contributed by atoms with van der Waals surface area (Å²) >= 11 is 0. The van der Waals surface area contributed by atoms with Crippen LogP contribution in [0.2, 0.25) is 0 Å². The van der Waals surface area contributed by atoms with Gasteiger partial charge in [-0.2, -0.15) is 0 Å². The minimum Gasteiger partial charge on any atom is -0.372 e. The van der Waals surface area contributed by atoms with E-state index in [-0.39, 0.29) is 23.3 Å². The van der Waals surface area contributed by atoms with E-state index in [2.05, 4.69) is 34.6 Å². The molecule has 6 heteroatoms. The van der Waals surface area contributed by atoms with Crippen LogP contribution in [0.1, 0.15) is 37.0 Å². The van der Waals surface area contributed by atoms with Crippen LogP contribution in [0, 0.1) is 17.7 Å². The zero-order valence-corrected chi connectivity index (χ0v) is 17.0. The second kappa shape index (κ2) is 9.54. The van der Waals surface area contributed by atoms with E-state index in [4.69, 9.17) is 0 Å². The van der Waals surface area contributed by atoms with Gasteiger partial charge in [0.15, 0.2) is 0 Å². The highest BCUT2D eigenvalue weighted by atomic mass is 19.1. The van der Waals surface area contributed by atoms with E-state index in [1.807, 2.05) is 25.1 Å². The molecule has 0 bridgehead atoms. The summed E-state index contributed by atoms with van der Waals surface area (Å²) in [5, 5.41) is 5.62. The summed E-state index contributed by atoms with van der Waals surface area (Å²) < 4.78 is 13.7. The lowest BCUT2D eigenvalue weighted by atomic mass is 10.1. The lowest BCUT2D eigenvalue weighted by molar-refractivity contribution is -0.117. The molecule has 3 rings (SSSR count). The van der Waals surface area contributed by atoms with Gasteiger partial charge in [0.2, 0.25) is 5.91 Å². The van der Waals surface area contributed by atoms with Crippen LogP contribution in [0.15, 0.2) is 48.5 Å². The number of amides is 2. The summed E-state index contributed by atoms with van der Waals surface area (Å²) in [6.07, 6.45) is 1.61. The van der Waals surface area contributed by atoms with Gasteiger partial charge in [-0.15, -0.1) is 0 Å². The first-order valence-corrected chi connectivity index (χ1v) is 10.2. The normalized spacial score (nSPS) is 17.5. The molecule has 2 atom stereocenters. The molecule has 0 spiro atoms. The van der Waals surface area contributed by atoms with Crippen molar-refractivity contribution in [3.63, 3.8) is 0 Å². The maximum absolute atomic E-state index is 13.7. The molecule has 0 heterocycles. The fraction of sp³-hybridized carbons (Fsp3) is 0.391. The average Bonchev–Trinajstić information content (AvgIpc) is 3.46. The summed E-state index contributed by atoms with van der Waals surface area (Å²) in [5.74, 6) is -0.659. The molecule has 154 valence electrons. The second-order valence-electron chi connectivity index (χ2n) is 7.52. The van der Waals surface area contributed by atoms with Crippen molar-refractivity contribution in [2.75, 3.05) is 29.9 Å². The van der Waals surface area contributed by atoms with E-state index in [0.717, 1.165) is 31.6 Å². The molecule has 1 aliphatic carbocycles. The van der Waals surface area contributed by atoms with Gasteiger partial charge < -0.3 is 15.5 Å². The number of rotatable bonds is 9. The minimum atomic E-state index is -0.505. The number of carbonyl (C=O) groups excluding carboxylic acids is 2. The SMILES string of the molecule is CCN(CCCNC(=O)c1cc(F)ccc1NC(=O)[C@H]1C[C@@H]1C)c1ccccc1. The van der Waals surface area contributed by atoms with Gasteiger partial charge in [0.05, 0.1) is 11.3 Å². The van der Waals surface area contributed by atoms with Crippen molar-refractivity contribution in [1.29, 1.82) is 0 Å². The van der Waals surface area contributed by atoms with Crippen molar-refractivity contribution >= 4 is 23.2 Å². The van der Waals surface area contributed by atoms with Gasteiger partial charge in [0.1, 0.15) is 5.82 Å². The fourth-order valence-electron chi connectivity index (χ4n) is 3.40. The smallest absolute Gasteiger partial charge is 0.253 e. The summed E-state index contributed by atoms with van der Waals surface area (Å²) in [7, 11) is 0. The Bertz CT molecular complexity index is 856. The van der Waals surface area contributed by atoms with E-state index < -0.39 is 5.82 Å². The third kappa shape index (κ3) is 5.56. The number of nitrogens with zero attached hydrogens (tertiary/aromatic N) is 1. The number of para-hydroxylation sites is 1. The molecule has 5 nitrogen and oxygen atoms in total. The lowest BCUT2D eigenvalue weighted by Crippen LogP contribution is -2.30. The van der Waals surface area contributed by atoms with Crippen molar-refractivity contribution in [3.05, 3.63) is 59.9 Å². The van der Waals surface area contributed by atoms with E-state index in [9.17, 15) is 14.0 Å². The highest BCUT2D eigenvalue weighted by Gasteiger charge is 2.39.